The average Bonchev–Trinajstić information content (AvgIpc) is 3.41. The SMILES string of the molecule is COc1c(Nc2ncc(Br)c(Nc3[c]c4nccnc4cc3)n2)cc(-c2cnn(C)c2)c(N2CCOCC2)c1F. The molecule has 2 N–H and O–H groups in total. The van der Waals surface area contributed by atoms with Crippen molar-refractivity contribution < 1.29 is 13.9 Å². The van der Waals surface area contributed by atoms with Gasteiger partial charge in [0.05, 0.1) is 59.1 Å². The number of morpholine rings is 1. The lowest BCUT2D eigenvalue weighted by Gasteiger charge is -2.31. The molecule has 203 valence electrons. The maximum absolute atomic E-state index is 16.2. The van der Waals surface area contributed by atoms with Gasteiger partial charge in [-0.3, -0.25) is 14.6 Å². The van der Waals surface area contributed by atoms with Gasteiger partial charge in [-0.15, -0.1) is 0 Å². The van der Waals surface area contributed by atoms with Crippen molar-refractivity contribution in [1.29, 1.82) is 0 Å². The van der Waals surface area contributed by atoms with Crippen molar-refractivity contribution in [3.05, 3.63) is 65.5 Å². The van der Waals surface area contributed by atoms with E-state index in [0.29, 0.717) is 64.7 Å². The van der Waals surface area contributed by atoms with Crippen LogP contribution in [-0.2, 0) is 11.8 Å². The lowest BCUT2D eigenvalue weighted by atomic mass is 10.0. The number of aromatic nitrogens is 6. The highest BCUT2D eigenvalue weighted by atomic mass is 79.9. The fourth-order valence-electron chi connectivity index (χ4n) is 4.53. The lowest BCUT2D eigenvalue weighted by molar-refractivity contribution is 0.122. The Kier molecular flexibility index (Phi) is 7.13. The third-order valence-corrected chi connectivity index (χ3v) is 6.95. The van der Waals surface area contributed by atoms with Gasteiger partial charge in [-0.2, -0.15) is 10.1 Å². The van der Waals surface area contributed by atoms with Crippen LogP contribution in [0.2, 0.25) is 0 Å². The molecule has 13 heteroatoms. The zero-order chi connectivity index (χ0) is 27.6. The zero-order valence-electron chi connectivity index (χ0n) is 21.7. The highest BCUT2D eigenvalue weighted by Gasteiger charge is 2.26. The number of benzene rings is 2. The van der Waals surface area contributed by atoms with E-state index in [4.69, 9.17) is 9.47 Å². The van der Waals surface area contributed by atoms with Crippen molar-refractivity contribution in [3.8, 4) is 16.9 Å². The second-order valence-corrected chi connectivity index (χ2v) is 9.83. The van der Waals surface area contributed by atoms with Gasteiger partial charge in [0, 0.05) is 62.1 Å². The molecule has 2 aromatic carbocycles. The summed E-state index contributed by atoms with van der Waals surface area (Å²) in [4.78, 5) is 19.5. The molecule has 0 bridgehead atoms. The minimum Gasteiger partial charge on any atom is -0.492 e. The van der Waals surface area contributed by atoms with E-state index >= 15 is 4.39 Å². The molecule has 6 rings (SSSR count). The first-order valence-electron chi connectivity index (χ1n) is 12.4. The number of hydrogen-bond acceptors (Lipinski definition) is 10. The lowest BCUT2D eigenvalue weighted by Crippen LogP contribution is -2.37. The summed E-state index contributed by atoms with van der Waals surface area (Å²) < 4.78 is 29.5. The van der Waals surface area contributed by atoms with E-state index in [9.17, 15) is 0 Å². The van der Waals surface area contributed by atoms with Crippen molar-refractivity contribution in [3.63, 3.8) is 0 Å². The van der Waals surface area contributed by atoms with Crippen molar-refractivity contribution in [2.75, 3.05) is 48.9 Å². The summed E-state index contributed by atoms with van der Waals surface area (Å²) in [7, 11) is 3.25. The van der Waals surface area contributed by atoms with Crippen molar-refractivity contribution in [1.82, 2.24) is 29.7 Å². The smallest absolute Gasteiger partial charge is 0.229 e. The van der Waals surface area contributed by atoms with Gasteiger partial charge in [0.1, 0.15) is 5.82 Å². The van der Waals surface area contributed by atoms with Crippen molar-refractivity contribution in [2.24, 2.45) is 7.05 Å². The molecule has 1 aliphatic rings. The minimum absolute atomic E-state index is 0.0524. The number of halogens is 2. The summed E-state index contributed by atoms with van der Waals surface area (Å²) in [6.07, 6.45) is 8.40. The molecule has 0 atom stereocenters. The van der Waals surface area contributed by atoms with E-state index in [2.05, 4.69) is 57.7 Å². The average molecular weight is 605 g/mol. The monoisotopic (exact) mass is 604 g/mol. The third-order valence-electron chi connectivity index (χ3n) is 6.37. The number of nitrogens with zero attached hydrogens (tertiary/aromatic N) is 7. The van der Waals surface area contributed by atoms with Gasteiger partial charge >= 0.3 is 0 Å². The molecule has 1 saturated heterocycles. The van der Waals surface area contributed by atoms with E-state index in [1.807, 2.05) is 36.3 Å². The van der Waals surface area contributed by atoms with Crippen molar-refractivity contribution >= 4 is 55.8 Å². The molecule has 1 fully saturated rings. The number of rotatable bonds is 7. The predicted molar refractivity (Wildman–Crippen MR) is 153 cm³/mol. The van der Waals surface area contributed by atoms with Gasteiger partial charge in [0.15, 0.2) is 11.6 Å². The number of nitrogens with one attached hydrogen (secondary N) is 2. The van der Waals surface area contributed by atoms with Crippen LogP contribution in [-0.4, -0.2) is 63.1 Å². The molecule has 0 saturated carbocycles. The Balaban J connectivity index is 1.37. The summed E-state index contributed by atoms with van der Waals surface area (Å²) in [5, 5.41) is 10.7. The first-order chi connectivity index (χ1) is 19.5. The van der Waals surface area contributed by atoms with E-state index in [0.717, 1.165) is 11.1 Å². The Bertz CT molecular complexity index is 1690. The van der Waals surface area contributed by atoms with Gasteiger partial charge in [0.2, 0.25) is 5.95 Å². The molecular weight excluding hydrogens is 581 g/mol. The normalized spacial score (nSPS) is 13.4. The van der Waals surface area contributed by atoms with Crippen LogP contribution >= 0.6 is 15.9 Å². The topological polar surface area (TPSA) is 115 Å². The molecule has 0 unspecified atom stereocenters. The second kappa shape index (κ2) is 11.0. The Morgan fingerprint density at radius 3 is 2.70 bits per heavy atom. The Morgan fingerprint density at radius 1 is 1.10 bits per heavy atom. The highest BCUT2D eigenvalue weighted by Crippen LogP contribution is 2.43. The number of hydrogen-bond donors (Lipinski definition) is 2. The summed E-state index contributed by atoms with van der Waals surface area (Å²) in [5.74, 6) is 0.279. The van der Waals surface area contributed by atoms with Crippen molar-refractivity contribution in [2.45, 2.75) is 0 Å². The predicted octanol–water partition coefficient (Wildman–Crippen LogP) is 4.85. The van der Waals surface area contributed by atoms with Gasteiger partial charge in [-0.25, -0.2) is 9.37 Å². The van der Waals surface area contributed by atoms with Crippen LogP contribution in [0.15, 0.2) is 53.7 Å². The van der Waals surface area contributed by atoms with E-state index < -0.39 is 5.82 Å². The Labute approximate surface area is 237 Å². The number of anilines is 5. The number of fused-ring (bicyclic) bond motifs is 1. The van der Waals surface area contributed by atoms with E-state index in [-0.39, 0.29) is 11.7 Å². The van der Waals surface area contributed by atoms with E-state index in [1.165, 1.54) is 7.11 Å². The number of methoxy groups -OCH3 is 1. The summed E-state index contributed by atoms with van der Waals surface area (Å²) >= 11 is 3.49. The molecule has 4 heterocycles. The Morgan fingerprint density at radius 2 is 1.93 bits per heavy atom. The highest BCUT2D eigenvalue weighted by molar-refractivity contribution is 9.10. The molecule has 40 heavy (non-hydrogen) atoms. The minimum atomic E-state index is -0.490. The summed E-state index contributed by atoms with van der Waals surface area (Å²) in [6.45, 7) is 2.14. The van der Waals surface area contributed by atoms with Crippen LogP contribution in [0.1, 0.15) is 0 Å². The largest absolute Gasteiger partial charge is 0.492 e. The fraction of sp³-hybridized carbons (Fsp3) is 0.222. The quantitative estimate of drug-likeness (QED) is 0.267. The van der Waals surface area contributed by atoms with Gasteiger partial charge in [-0.05, 0) is 34.1 Å². The van der Waals surface area contributed by atoms with Crippen LogP contribution in [0.4, 0.5) is 33.2 Å². The molecule has 1 aliphatic heterocycles. The maximum Gasteiger partial charge on any atom is 0.229 e. The molecule has 0 amide bonds. The first-order valence-corrected chi connectivity index (χ1v) is 13.2. The number of aryl methyl sites for hydroxylation is 1. The number of ether oxygens (including phenoxy) is 2. The van der Waals surface area contributed by atoms with Gasteiger partial charge in [0.25, 0.3) is 0 Å². The van der Waals surface area contributed by atoms with Gasteiger partial charge < -0.3 is 25.0 Å². The summed E-state index contributed by atoms with van der Waals surface area (Å²) in [5.41, 5.74) is 4.25. The standard InChI is InChI=1S/C27H24BrFN9O2/c1-37-15-16(13-33-37)18-12-22(25(39-2)23(29)24(18)38-7-9-40-10-8-38)35-27-32-14-19(28)26(36-27)34-17-3-4-20-21(11-17)31-6-5-30-20/h3-6,12-15H,7-10H2,1-2H3,(H2,32,34,35,36). The van der Waals surface area contributed by atoms with Crippen LogP contribution in [0.3, 0.4) is 0 Å². The molecule has 11 nitrogen and oxygen atoms in total. The molecule has 3 aromatic heterocycles. The van der Waals surface area contributed by atoms with Crippen LogP contribution in [0.5, 0.6) is 5.75 Å². The third kappa shape index (κ3) is 5.12. The molecule has 0 aliphatic carbocycles. The molecular formula is C27H24BrFN9O2. The fourth-order valence-corrected chi connectivity index (χ4v) is 4.82. The van der Waals surface area contributed by atoms with E-state index in [1.54, 1.807) is 29.5 Å². The Hall–Kier alpha value is -4.36. The second-order valence-electron chi connectivity index (χ2n) is 8.97. The molecule has 0 spiro atoms. The zero-order valence-corrected chi connectivity index (χ0v) is 23.2. The first kappa shape index (κ1) is 25.9. The van der Waals surface area contributed by atoms with Crippen LogP contribution in [0.25, 0.3) is 22.2 Å². The molecule has 5 aromatic rings. The molecule has 1 radical (unpaired) electrons. The van der Waals surface area contributed by atoms with Crippen LogP contribution < -0.4 is 20.3 Å². The van der Waals surface area contributed by atoms with Gasteiger partial charge in [-0.1, -0.05) is 0 Å². The summed E-state index contributed by atoms with van der Waals surface area (Å²) in [6, 6.07) is 8.70. The maximum atomic E-state index is 16.2. The van der Waals surface area contributed by atoms with Crippen LogP contribution in [0, 0.1) is 11.9 Å².